The standard InChI is InChI=1S/C59H72ClN11O8.CH2O2/c1-6-59(76)46-32-49-54-39(34-71(49)56(73)45(46)36-77-57(59)74)31-43-44(35-66(3)4)51(19-16-47(43)63-54)79-58(75)70-29-27-68(28-30-70)24-10-8-7-9-23-67(5)41-21-25-69(26-22-41)52-20-17-48(64-65-52)55(72)62-40-12-14-42(15-13-40)78-50-18-11-38(33-61)53(60)37(50)2;2-1-3/h11,16-20,31-32,40-42,76H,6-10,12-15,21-30,34-36H2,1-5H3,(H,62,72);1H,(H,2,3)/t40?,42?,59-;/m0./s1. The average Bonchev–Trinajstić information content (AvgIpc) is 4.01. The Kier molecular flexibility index (Phi) is 19.1. The van der Waals surface area contributed by atoms with Crippen molar-refractivity contribution in [1.29, 1.82) is 5.26 Å². The van der Waals surface area contributed by atoms with Crippen LogP contribution in [0, 0.1) is 18.3 Å². The van der Waals surface area contributed by atoms with Crippen LogP contribution in [0.1, 0.15) is 121 Å². The lowest BCUT2D eigenvalue weighted by Gasteiger charge is -2.37. The number of rotatable bonds is 17. The number of fused-ring (bicyclic) bond motifs is 5. The van der Waals surface area contributed by atoms with E-state index >= 15 is 0 Å². The Balaban J connectivity index is 0.00000264. The Hall–Kier alpha value is -7.22. The zero-order valence-electron chi connectivity index (χ0n) is 47.5. The third kappa shape index (κ3) is 13.0. The molecule has 1 atom stereocenters. The number of hydrogen-bond donors (Lipinski definition) is 3. The van der Waals surface area contributed by atoms with Crippen LogP contribution in [0.5, 0.6) is 11.5 Å². The fraction of sp³-hybridized carbons (Fsp3) is 0.517. The van der Waals surface area contributed by atoms with Crippen LogP contribution in [-0.2, 0) is 39.6 Å². The van der Waals surface area contributed by atoms with Crippen molar-refractivity contribution in [3.05, 3.63) is 103 Å². The number of aromatic nitrogens is 4. The van der Waals surface area contributed by atoms with Gasteiger partial charge in [0.1, 0.15) is 24.2 Å². The van der Waals surface area contributed by atoms with Crippen LogP contribution in [0.2, 0.25) is 5.02 Å². The number of cyclic esters (lactones) is 1. The molecule has 2 aromatic carbocycles. The first-order valence-electron chi connectivity index (χ1n) is 28.5. The Bertz CT molecular complexity index is 3260. The van der Waals surface area contributed by atoms with Gasteiger partial charge in [-0.3, -0.25) is 19.3 Å². The number of nitriles is 1. The predicted molar refractivity (Wildman–Crippen MR) is 308 cm³/mol. The molecule has 5 aliphatic rings. The van der Waals surface area contributed by atoms with Crippen molar-refractivity contribution in [3.63, 3.8) is 0 Å². The number of carboxylic acid groups (broad SMARTS) is 1. The van der Waals surface area contributed by atoms with Gasteiger partial charge in [-0.15, -0.1) is 10.2 Å². The molecule has 5 aromatic rings. The lowest BCUT2D eigenvalue weighted by atomic mass is 9.86. The summed E-state index contributed by atoms with van der Waals surface area (Å²) in [5.41, 5.74) is 3.35. The van der Waals surface area contributed by atoms with Crippen molar-refractivity contribution in [3.8, 4) is 29.0 Å². The zero-order chi connectivity index (χ0) is 58.2. The number of aliphatic hydroxyl groups is 1. The number of amides is 2. The van der Waals surface area contributed by atoms with E-state index in [0.717, 1.165) is 125 Å². The number of piperidine rings is 1. The highest BCUT2D eigenvalue weighted by Crippen LogP contribution is 2.40. The Morgan fingerprint density at radius 3 is 2.34 bits per heavy atom. The quantitative estimate of drug-likeness (QED) is 0.0479. The first-order chi connectivity index (χ1) is 39.5. The maximum atomic E-state index is 13.8. The highest BCUT2D eigenvalue weighted by Gasteiger charge is 2.45. The molecule has 1 aliphatic carbocycles. The van der Waals surface area contributed by atoms with E-state index in [2.05, 4.69) is 43.3 Å². The molecule has 22 heteroatoms. The predicted octanol–water partition coefficient (Wildman–Crippen LogP) is 6.86. The van der Waals surface area contributed by atoms with Gasteiger partial charge in [0.15, 0.2) is 17.1 Å². The molecule has 10 rings (SSSR count). The van der Waals surface area contributed by atoms with E-state index in [-0.39, 0.29) is 66.9 Å². The number of carbonyl (C=O) groups is 4. The van der Waals surface area contributed by atoms with Gasteiger partial charge >= 0.3 is 12.1 Å². The second-order valence-electron chi connectivity index (χ2n) is 22.4. The fourth-order valence-corrected chi connectivity index (χ4v) is 12.2. The van der Waals surface area contributed by atoms with Crippen molar-refractivity contribution in [2.24, 2.45) is 0 Å². The summed E-state index contributed by atoms with van der Waals surface area (Å²) in [6.07, 6.45) is 9.56. The molecule has 436 valence electrons. The Morgan fingerprint density at radius 2 is 1.66 bits per heavy atom. The summed E-state index contributed by atoms with van der Waals surface area (Å²) in [7, 11) is 6.16. The van der Waals surface area contributed by atoms with Crippen molar-refractivity contribution in [2.45, 2.75) is 128 Å². The minimum atomic E-state index is -1.90. The Labute approximate surface area is 482 Å². The molecule has 4 aliphatic heterocycles. The number of halogens is 1. The number of hydrogen-bond acceptors (Lipinski definition) is 17. The number of esters is 1. The molecule has 3 N–H and O–H groups in total. The van der Waals surface area contributed by atoms with Crippen LogP contribution < -0.4 is 25.2 Å². The van der Waals surface area contributed by atoms with Gasteiger partial charge < -0.3 is 53.9 Å². The molecule has 3 aromatic heterocycles. The summed E-state index contributed by atoms with van der Waals surface area (Å²) >= 11 is 6.34. The number of benzene rings is 2. The maximum Gasteiger partial charge on any atom is 0.415 e. The average molecular weight is 1140 g/mol. The van der Waals surface area contributed by atoms with Crippen LogP contribution in [0.15, 0.2) is 53.3 Å². The molecule has 7 heterocycles. The van der Waals surface area contributed by atoms with Gasteiger partial charge in [-0.25, -0.2) is 14.6 Å². The minimum absolute atomic E-state index is 0.0175. The van der Waals surface area contributed by atoms with Crippen molar-refractivity contribution in [2.75, 3.05) is 78.4 Å². The molecule has 0 unspecified atom stereocenters. The number of anilines is 1. The third-order valence-corrected chi connectivity index (χ3v) is 17.3. The van der Waals surface area contributed by atoms with Gasteiger partial charge in [0.05, 0.1) is 45.7 Å². The van der Waals surface area contributed by atoms with E-state index in [0.29, 0.717) is 70.4 Å². The van der Waals surface area contributed by atoms with Crippen LogP contribution in [0.3, 0.4) is 0 Å². The molecule has 1 saturated carbocycles. The van der Waals surface area contributed by atoms with Gasteiger partial charge in [-0.05, 0) is 147 Å². The molecule has 0 spiro atoms. The lowest BCUT2D eigenvalue weighted by Crippen LogP contribution is -2.49. The number of nitrogens with zero attached hydrogens (tertiary/aromatic N) is 10. The minimum Gasteiger partial charge on any atom is -0.490 e. The van der Waals surface area contributed by atoms with Gasteiger partial charge in [0.2, 0.25) is 0 Å². The maximum absolute atomic E-state index is 13.8. The van der Waals surface area contributed by atoms with Crippen LogP contribution in [0.25, 0.3) is 22.3 Å². The van der Waals surface area contributed by atoms with Crippen molar-refractivity contribution >= 4 is 52.8 Å². The highest BCUT2D eigenvalue weighted by atomic mass is 35.5. The summed E-state index contributed by atoms with van der Waals surface area (Å²) in [6.45, 7) is 10.5. The molecule has 2 amide bonds. The number of nitrogens with one attached hydrogen (secondary N) is 1. The molecule has 82 heavy (non-hydrogen) atoms. The van der Waals surface area contributed by atoms with Gasteiger partial charge in [-0.2, -0.15) is 5.26 Å². The summed E-state index contributed by atoms with van der Waals surface area (Å²) in [6, 6.07) is 17.2. The Morgan fingerprint density at radius 1 is 0.939 bits per heavy atom. The van der Waals surface area contributed by atoms with E-state index in [1.807, 2.05) is 44.1 Å². The van der Waals surface area contributed by atoms with Crippen LogP contribution in [-0.4, -0.2) is 166 Å². The number of piperazine rings is 1. The van der Waals surface area contributed by atoms with Crippen molar-refractivity contribution in [1.82, 2.24) is 44.7 Å². The molecular formula is C60H74ClN11O10. The first-order valence-corrected chi connectivity index (χ1v) is 28.9. The zero-order valence-corrected chi connectivity index (χ0v) is 48.3. The van der Waals surface area contributed by atoms with E-state index in [4.69, 9.17) is 40.7 Å². The second kappa shape index (κ2) is 26.4. The second-order valence-corrected chi connectivity index (χ2v) is 22.7. The number of unbranched alkanes of at least 4 members (excludes halogenated alkanes) is 3. The van der Waals surface area contributed by atoms with Crippen LogP contribution >= 0.6 is 11.6 Å². The van der Waals surface area contributed by atoms with Gasteiger partial charge in [-0.1, -0.05) is 31.4 Å². The van der Waals surface area contributed by atoms with E-state index < -0.39 is 11.6 Å². The third-order valence-electron chi connectivity index (χ3n) is 16.9. The van der Waals surface area contributed by atoms with E-state index in [9.17, 15) is 29.5 Å². The molecule has 21 nitrogen and oxygen atoms in total. The van der Waals surface area contributed by atoms with Gasteiger partial charge in [0.25, 0.3) is 17.9 Å². The molecular weight excluding hydrogens is 1070 g/mol. The summed E-state index contributed by atoms with van der Waals surface area (Å²) in [5, 5.41) is 40.6. The smallest absolute Gasteiger partial charge is 0.415 e. The summed E-state index contributed by atoms with van der Waals surface area (Å²) in [4.78, 5) is 77.6. The lowest BCUT2D eigenvalue weighted by molar-refractivity contribution is -0.172. The largest absolute Gasteiger partial charge is 0.490 e. The number of carbonyl (C=O) groups excluding carboxylic acids is 3. The monoisotopic (exact) mass is 1140 g/mol. The normalized spacial score (nSPS) is 19.8. The molecule has 2 saturated heterocycles. The topological polar surface area (TPSA) is 249 Å². The van der Waals surface area contributed by atoms with E-state index in [1.54, 1.807) is 46.7 Å². The van der Waals surface area contributed by atoms with Crippen molar-refractivity contribution < 1.29 is 43.6 Å². The molecule has 3 fully saturated rings. The van der Waals surface area contributed by atoms with E-state index in [1.165, 1.54) is 6.42 Å². The summed E-state index contributed by atoms with van der Waals surface area (Å²) < 4.78 is 19.3. The first kappa shape index (κ1) is 59.4. The number of ether oxygens (including phenoxy) is 3. The summed E-state index contributed by atoms with van der Waals surface area (Å²) in [5.74, 6) is 0.994. The molecule has 0 bridgehead atoms. The van der Waals surface area contributed by atoms with Crippen LogP contribution in [0.4, 0.5) is 10.6 Å². The number of pyridine rings is 2. The SMILES string of the molecule is CC[C@@]1(O)C(=O)OCc2c1cc1n(c2=O)Cc2cc3c(CN(C)C)c(OC(=O)N4CCN(CCCCCCN(C)C5CCN(c6ccc(C(=O)NC7CCC(Oc8ccc(C#N)c(Cl)c8C)CC7)nn6)CC5)CC4)ccc3nc2-1.O=CO. The fourth-order valence-electron chi connectivity index (χ4n) is 12.0. The van der Waals surface area contributed by atoms with Gasteiger partial charge in [0, 0.05) is 85.5 Å². The molecule has 0 radical (unpaired) electrons. The highest BCUT2D eigenvalue weighted by molar-refractivity contribution is 6.32.